The van der Waals surface area contributed by atoms with E-state index in [1.54, 1.807) is 0 Å². The van der Waals surface area contributed by atoms with Gasteiger partial charge in [0.1, 0.15) is 0 Å². The quantitative estimate of drug-likeness (QED) is 0.832. The van der Waals surface area contributed by atoms with Crippen LogP contribution >= 0.6 is 12.4 Å². The lowest BCUT2D eigenvalue weighted by molar-refractivity contribution is -0.126. The highest BCUT2D eigenvalue weighted by molar-refractivity contribution is 5.85. The van der Waals surface area contributed by atoms with Crippen LogP contribution in [0, 0.1) is 11.8 Å². The van der Waals surface area contributed by atoms with E-state index in [4.69, 9.17) is 5.73 Å². The first kappa shape index (κ1) is 17.7. The average Bonchev–Trinajstić information content (AvgIpc) is 2.83. The van der Waals surface area contributed by atoms with Crippen LogP contribution in [-0.4, -0.2) is 42.0 Å². The summed E-state index contributed by atoms with van der Waals surface area (Å²) in [5.41, 5.74) is 6.23. The Hall–Kier alpha value is -0.320. The number of nitrogens with two attached hydrogens (primary N) is 1. The minimum atomic E-state index is -0.0215. The van der Waals surface area contributed by atoms with Crippen LogP contribution in [0.3, 0.4) is 0 Å². The van der Waals surface area contributed by atoms with Crippen molar-refractivity contribution in [2.75, 3.05) is 13.1 Å². The monoisotopic (exact) mass is 303 g/mol. The summed E-state index contributed by atoms with van der Waals surface area (Å²) < 4.78 is 0. The zero-order chi connectivity index (χ0) is 14.0. The Morgan fingerprint density at radius 1 is 1.35 bits per heavy atom. The largest absolute Gasteiger partial charge is 0.352 e. The number of nitrogens with zero attached hydrogens (tertiary/aromatic N) is 1. The number of likely N-dealkylation sites (tertiary alicyclic amines) is 1. The standard InChI is InChI=1S/C15H29N3O.ClH/c1-4-10(2)17-15(19)11(3)18-8-12-6-5-7-14(16)13(12)9-18;/h10-14H,4-9,16H2,1-3H3,(H,17,19);1H. The predicted octanol–water partition coefficient (Wildman–Crippen LogP) is 1.77. The van der Waals surface area contributed by atoms with Crippen molar-refractivity contribution in [3.63, 3.8) is 0 Å². The van der Waals surface area contributed by atoms with E-state index < -0.39 is 0 Å². The maximum atomic E-state index is 12.2. The molecular weight excluding hydrogens is 274 g/mol. The topological polar surface area (TPSA) is 58.4 Å². The molecule has 1 heterocycles. The molecule has 4 nitrogen and oxygen atoms in total. The lowest BCUT2D eigenvalue weighted by atomic mass is 9.78. The lowest BCUT2D eigenvalue weighted by Crippen LogP contribution is -2.47. The van der Waals surface area contributed by atoms with Gasteiger partial charge in [-0.1, -0.05) is 13.3 Å². The van der Waals surface area contributed by atoms with Gasteiger partial charge in [0.05, 0.1) is 6.04 Å². The summed E-state index contributed by atoms with van der Waals surface area (Å²) in [7, 11) is 0. The molecule has 2 aliphatic rings. The van der Waals surface area contributed by atoms with E-state index >= 15 is 0 Å². The molecule has 20 heavy (non-hydrogen) atoms. The van der Waals surface area contributed by atoms with Crippen LogP contribution in [0.25, 0.3) is 0 Å². The van der Waals surface area contributed by atoms with E-state index in [0.717, 1.165) is 25.9 Å². The number of nitrogens with one attached hydrogen (secondary N) is 1. The highest BCUT2D eigenvalue weighted by atomic mass is 35.5. The summed E-state index contributed by atoms with van der Waals surface area (Å²) in [6, 6.07) is 0.586. The fourth-order valence-corrected chi connectivity index (χ4v) is 3.50. The molecule has 118 valence electrons. The van der Waals surface area contributed by atoms with Crippen LogP contribution in [0.4, 0.5) is 0 Å². The Bertz CT molecular complexity index is 326. The molecule has 0 aromatic rings. The summed E-state index contributed by atoms with van der Waals surface area (Å²) in [6.07, 6.45) is 4.68. The Balaban J connectivity index is 0.00000200. The van der Waals surface area contributed by atoms with Gasteiger partial charge >= 0.3 is 0 Å². The van der Waals surface area contributed by atoms with Crippen molar-refractivity contribution in [3.8, 4) is 0 Å². The normalized spacial score (nSPS) is 32.9. The molecule has 1 saturated heterocycles. The van der Waals surface area contributed by atoms with Crippen LogP contribution < -0.4 is 11.1 Å². The molecule has 0 aromatic carbocycles. The highest BCUT2D eigenvalue weighted by Crippen LogP contribution is 2.36. The molecule has 0 bridgehead atoms. The summed E-state index contributed by atoms with van der Waals surface area (Å²) in [6.45, 7) is 8.23. The molecule has 0 aromatic heterocycles. The van der Waals surface area contributed by atoms with Crippen molar-refractivity contribution in [2.24, 2.45) is 17.6 Å². The van der Waals surface area contributed by atoms with Gasteiger partial charge in [-0.3, -0.25) is 9.69 Å². The van der Waals surface area contributed by atoms with Gasteiger partial charge in [-0.15, -0.1) is 12.4 Å². The first-order chi connectivity index (χ1) is 9.02. The van der Waals surface area contributed by atoms with Crippen molar-refractivity contribution in [1.29, 1.82) is 0 Å². The number of carbonyl (C=O) groups is 1. The third-order valence-corrected chi connectivity index (χ3v) is 5.11. The smallest absolute Gasteiger partial charge is 0.237 e. The van der Waals surface area contributed by atoms with Gasteiger partial charge in [-0.2, -0.15) is 0 Å². The van der Waals surface area contributed by atoms with Gasteiger partial charge in [-0.05, 0) is 44.9 Å². The fraction of sp³-hybridized carbons (Fsp3) is 0.933. The third kappa shape index (κ3) is 3.86. The molecular formula is C15H30ClN3O. The first-order valence-corrected chi connectivity index (χ1v) is 7.83. The zero-order valence-electron chi connectivity index (χ0n) is 13.0. The molecule has 1 aliphatic heterocycles. The van der Waals surface area contributed by atoms with Crippen molar-refractivity contribution < 1.29 is 4.79 Å². The van der Waals surface area contributed by atoms with Gasteiger partial charge in [0, 0.05) is 25.2 Å². The van der Waals surface area contributed by atoms with Crippen LogP contribution in [0.5, 0.6) is 0 Å². The number of fused-ring (bicyclic) bond motifs is 1. The maximum absolute atomic E-state index is 12.2. The lowest BCUT2D eigenvalue weighted by Gasteiger charge is -2.30. The zero-order valence-corrected chi connectivity index (χ0v) is 13.8. The minimum absolute atomic E-state index is 0. The van der Waals surface area contributed by atoms with Crippen molar-refractivity contribution in [3.05, 3.63) is 0 Å². The molecule has 5 unspecified atom stereocenters. The molecule has 2 rings (SSSR count). The maximum Gasteiger partial charge on any atom is 0.237 e. The molecule has 3 N–H and O–H groups in total. The Kier molecular flexibility index (Phi) is 6.76. The molecule has 5 heteroatoms. The molecule has 0 radical (unpaired) electrons. The molecule has 2 fully saturated rings. The van der Waals surface area contributed by atoms with E-state index in [0.29, 0.717) is 17.9 Å². The minimum Gasteiger partial charge on any atom is -0.352 e. The third-order valence-electron chi connectivity index (χ3n) is 5.11. The van der Waals surface area contributed by atoms with Crippen LogP contribution in [0.15, 0.2) is 0 Å². The van der Waals surface area contributed by atoms with Crippen LogP contribution in [0.1, 0.15) is 46.5 Å². The first-order valence-electron chi connectivity index (χ1n) is 7.83. The number of hydrogen-bond acceptors (Lipinski definition) is 3. The molecule has 5 atom stereocenters. The summed E-state index contributed by atoms with van der Waals surface area (Å²) >= 11 is 0. The number of amides is 1. The van der Waals surface area contributed by atoms with Gasteiger partial charge in [0.2, 0.25) is 5.91 Å². The number of hydrogen-bond donors (Lipinski definition) is 2. The van der Waals surface area contributed by atoms with E-state index in [1.165, 1.54) is 12.8 Å². The second kappa shape index (κ2) is 7.62. The Morgan fingerprint density at radius 2 is 2.05 bits per heavy atom. The summed E-state index contributed by atoms with van der Waals surface area (Å²) in [5, 5.41) is 3.09. The van der Waals surface area contributed by atoms with Crippen molar-refractivity contribution >= 4 is 18.3 Å². The molecule has 1 amide bonds. The van der Waals surface area contributed by atoms with Crippen molar-refractivity contribution in [1.82, 2.24) is 10.2 Å². The summed E-state index contributed by atoms with van der Waals surface area (Å²) in [4.78, 5) is 14.5. The SMILES string of the molecule is CCC(C)NC(=O)C(C)N1CC2CCCC(N)C2C1.Cl. The molecule has 0 spiro atoms. The Morgan fingerprint density at radius 3 is 2.65 bits per heavy atom. The summed E-state index contributed by atoms with van der Waals surface area (Å²) in [5.74, 6) is 1.48. The van der Waals surface area contributed by atoms with E-state index in [-0.39, 0.29) is 30.4 Å². The van der Waals surface area contributed by atoms with E-state index in [9.17, 15) is 4.79 Å². The number of halogens is 1. The Labute approximate surface area is 129 Å². The average molecular weight is 304 g/mol. The highest BCUT2D eigenvalue weighted by Gasteiger charge is 2.41. The molecule has 1 aliphatic carbocycles. The molecule has 1 saturated carbocycles. The van der Waals surface area contributed by atoms with Crippen LogP contribution in [0.2, 0.25) is 0 Å². The van der Waals surface area contributed by atoms with Gasteiger partial charge < -0.3 is 11.1 Å². The van der Waals surface area contributed by atoms with Crippen LogP contribution in [-0.2, 0) is 4.79 Å². The fourth-order valence-electron chi connectivity index (χ4n) is 3.50. The van der Waals surface area contributed by atoms with E-state index in [2.05, 4.69) is 24.1 Å². The predicted molar refractivity (Wildman–Crippen MR) is 85.0 cm³/mol. The van der Waals surface area contributed by atoms with Gasteiger partial charge in [-0.25, -0.2) is 0 Å². The second-order valence-corrected chi connectivity index (χ2v) is 6.47. The number of carbonyl (C=O) groups excluding carboxylic acids is 1. The van der Waals surface area contributed by atoms with Crippen molar-refractivity contribution in [2.45, 2.75) is 64.6 Å². The number of rotatable bonds is 4. The van der Waals surface area contributed by atoms with E-state index in [1.807, 2.05) is 6.92 Å². The second-order valence-electron chi connectivity index (χ2n) is 6.47. The van der Waals surface area contributed by atoms with Gasteiger partial charge in [0.15, 0.2) is 0 Å². The van der Waals surface area contributed by atoms with Gasteiger partial charge in [0.25, 0.3) is 0 Å².